The number of rotatable bonds is 1. The van der Waals surface area contributed by atoms with E-state index < -0.39 is 34.7 Å². The van der Waals surface area contributed by atoms with Crippen molar-refractivity contribution in [3.63, 3.8) is 0 Å². The van der Waals surface area contributed by atoms with Gasteiger partial charge in [0.15, 0.2) is 0 Å². The molecular weight excluding hydrogens is 216 g/mol. The number of amides is 1. The molecule has 0 fully saturated rings. The van der Waals surface area contributed by atoms with Crippen molar-refractivity contribution in [2.24, 2.45) is 5.73 Å². The van der Waals surface area contributed by atoms with Crippen LogP contribution in [0.2, 0.25) is 0 Å². The largest absolute Gasteiger partial charge is 0.419 e. The first kappa shape index (κ1) is 11.3. The number of hydrogen-bond acceptors (Lipinski definition) is 2. The van der Waals surface area contributed by atoms with Crippen molar-refractivity contribution in [2.45, 2.75) is 6.18 Å². The van der Waals surface area contributed by atoms with Crippen LogP contribution in [0.1, 0.15) is 15.9 Å². The van der Waals surface area contributed by atoms with Gasteiger partial charge in [0.1, 0.15) is 5.82 Å². The predicted molar refractivity (Wildman–Crippen MR) is 44.3 cm³/mol. The first-order valence-corrected chi connectivity index (χ1v) is 3.70. The molecule has 4 N–H and O–H groups in total. The quantitative estimate of drug-likeness (QED) is 0.558. The molecule has 0 radical (unpaired) electrons. The summed E-state index contributed by atoms with van der Waals surface area (Å²) in [5.74, 6) is -2.85. The number of carbonyl (C=O) groups is 1. The molecule has 1 rings (SSSR count). The van der Waals surface area contributed by atoms with Crippen LogP contribution >= 0.6 is 0 Å². The SMILES string of the molecule is NC(=O)c1c(F)ccc(N)c1C(F)(F)F. The molecule has 0 bridgehead atoms. The minimum Gasteiger partial charge on any atom is -0.398 e. The summed E-state index contributed by atoms with van der Waals surface area (Å²) in [6.45, 7) is 0. The number of nitrogen functional groups attached to an aromatic ring is 1. The highest BCUT2D eigenvalue weighted by molar-refractivity contribution is 5.96. The van der Waals surface area contributed by atoms with Gasteiger partial charge in [-0.05, 0) is 12.1 Å². The Bertz CT molecular complexity index is 414. The van der Waals surface area contributed by atoms with Crippen LogP contribution < -0.4 is 11.5 Å². The minimum atomic E-state index is -4.92. The van der Waals surface area contributed by atoms with E-state index in [0.717, 1.165) is 6.07 Å². The Morgan fingerprint density at radius 2 is 1.80 bits per heavy atom. The summed E-state index contributed by atoms with van der Waals surface area (Å²) >= 11 is 0. The summed E-state index contributed by atoms with van der Waals surface area (Å²) in [6, 6.07) is 1.38. The lowest BCUT2D eigenvalue weighted by atomic mass is 10.0. The van der Waals surface area contributed by atoms with Crippen LogP contribution in [0.5, 0.6) is 0 Å². The van der Waals surface area contributed by atoms with Crippen molar-refractivity contribution in [1.29, 1.82) is 0 Å². The smallest absolute Gasteiger partial charge is 0.398 e. The zero-order valence-electron chi connectivity index (χ0n) is 7.23. The fourth-order valence-corrected chi connectivity index (χ4v) is 1.14. The first-order chi connectivity index (χ1) is 6.75. The predicted octanol–water partition coefficient (Wildman–Crippen LogP) is 1.53. The third kappa shape index (κ3) is 2.00. The van der Waals surface area contributed by atoms with Gasteiger partial charge in [0.05, 0.1) is 11.1 Å². The number of alkyl halides is 3. The van der Waals surface area contributed by atoms with Gasteiger partial charge in [0.2, 0.25) is 0 Å². The molecule has 0 aromatic heterocycles. The minimum absolute atomic E-state index is 0.657. The highest BCUT2D eigenvalue weighted by atomic mass is 19.4. The van der Waals surface area contributed by atoms with E-state index in [1.165, 1.54) is 0 Å². The molecule has 1 aromatic rings. The van der Waals surface area contributed by atoms with Gasteiger partial charge >= 0.3 is 6.18 Å². The Hall–Kier alpha value is -1.79. The second-order valence-electron chi connectivity index (χ2n) is 2.75. The fraction of sp³-hybridized carbons (Fsp3) is 0.125. The Morgan fingerprint density at radius 1 is 1.27 bits per heavy atom. The molecule has 15 heavy (non-hydrogen) atoms. The lowest BCUT2D eigenvalue weighted by Crippen LogP contribution is -2.22. The summed E-state index contributed by atoms with van der Waals surface area (Å²) in [7, 11) is 0. The van der Waals surface area contributed by atoms with Crippen molar-refractivity contribution in [3.05, 3.63) is 29.1 Å². The van der Waals surface area contributed by atoms with Gasteiger partial charge in [-0.1, -0.05) is 0 Å². The zero-order valence-corrected chi connectivity index (χ0v) is 7.23. The molecule has 0 atom stereocenters. The summed E-state index contributed by atoms with van der Waals surface area (Å²) in [5, 5.41) is 0. The Morgan fingerprint density at radius 3 is 2.13 bits per heavy atom. The van der Waals surface area contributed by atoms with Crippen molar-refractivity contribution in [2.75, 3.05) is 5.73 Å². The summed E-state index contributed by atoms with van der Waals surface area (Å²) in [4.78, 5) is 10.7. The number of nitrogens with two attached hydrogens (primary N) is 2. The average molecular weight is 222 g/mol. The van der Waals surface area contributed by atoms with Crippen LogP contribution in [0.15, 0.2) is 12.1 Å². The molecule has 0 saturated carbocycles. The maximum atomic E-state index is 13.0. The lowest BCUT2D eigenvalue weighted by Gasteiger charge is -2.13. The molecule has 0 heterocycles. The Kier molecular flexibility index (Phi) is 2.57. The van der Waals surface area contributed by atoms with Crippen LogP contribution in [-0.4, -0.2) is 5.91 Å². The van der Waals surface area contributed by atoms with Crippen LogP contribution in [0.4, 0.5) is 23.2 Å². The number of anilines is 1. The first-order valence-electron chi connectivity index (χ1n) is 3.70. The number of hydrogen-bond donors (Lipinski definition) is 2. The molecule has 0 saturated heterocycles. The van der Waals surface area contributed by atoms with Gasteiger partial charge in [-0.25, -0.2) is 4.39 Å². The van der Waals surface area contributed by atoms with E-state index >= 15 is 0 Å². The van der Waals surface area contributed by atoms with E-state index in [1.54, 1.807) is 0 Å². The topological polar surface area (TPSA) is 69.1 Å². The second-order valence-corrected chi connectivity index (χ2v) is 2.75. The molecule has 0 aliphatic heterocycles. The van der Waals surface area contributed by atoms with E-state index in [1.807, 2.05) is 0 Å². The highest BCUT2D eigenvalue weighted by Gasteiger charge is 2.38. The van der Waals surface area contributed by atoms with Gasteiger partial charge in [-0.15, -0.1) is 0 Å². The fourth-order valence-electron chi connectivity index (χ4n) is 1.14. The molecule has 7 heteroatoms. The standard InChI is InChI=1S/C8H6F4N2O/c9-3-1-2-4(13)6(8(10,11)12)5(3)7(14)15/h1-2H,13H2,(H2,14,15). The lowest BCUT2D eigenvalue weighted by molar-refractivity contribution is -0.137. The molecule has 0 aliphatic carbocycles. The number of carbonyl (C=O) groups excluding carboxylic acids is 1. The third-order valence-corrected chi connectivity index (χ3v) is 1.72. The molecular formula is C8H6F4N2O. The summed E-state index contributed by atoms with van der Waals surface area (Å²) in [5.41, 5.74) is 6.16. The summed E-state index contributed by atoms with van der Waals surface area (Å²) < 4.78 is 50.1. The molecule has 0 spiro atoms. The molecule has 1 aromatic carbocycles. The molecule has 0 aliphatic rings. The van der Waals surface area contributed by atoms with Crippen molar-refractivity contribution < 1.29 is 22.4 Å². The van der Waals surface area contributed by atoms with E-state index in [0.29, 0.717) is 6.07 Å². The van der Waals surface area contributed by atoms with E-state index in [4.69, 9.17) is 5.73 Å². The normalized spacial score (nSPS) is 11.5. The molecule has 3 nitrogen and oxygen atoms in total. The number of primary amides is 1. The average Bonchev–Trinajstić information content (AvgIpc) is 2.05. The molecule has 0 unspecified atom stereocenters. The van der Waals surface area contributed by atoms with Crippen molar-refractivity contribution in [3.8, 4) is 0 Å². The number of halogens is 4. The van der Waals surface area contributed by atoms with Gasteiger partial charge in [-0.3, -0.25) is 4.79 Å². The Balaban J connectivity index is 3.60. The van der Waals surface area contributed by atoms with Crippen LogP contribution in [-0.2, 0) is 6.18 Å². The van der Waals surface area contributed by atoms with Crippen molar-refractivity contribution in [1.82, 2.24) is 0 Å². The number of benzene rings is 1. The maximum absolute atomic E-state index is 13.0. The second kappa shape index (κ2) is 3.41. The van der Waals surface area contributed by atoms with Crippen LogP contribution in [0.3, 0.4) is 0 Å². The van der Waals surface area contributed by atoms with E-state index in [-0.39, 0.29) is 0 Å². The van der Waals surface area contributed by atoms with Gasteiger partial charge in [0.25, 0.3) is 5.91 Å². The van der Waals surface area contributed by atoms with Crippen LogP contribution in [0, 0.1) is 5.82 Å². The monoisotopic (exact) mass is 222 g/mol. The maximum Gasteiger partial charge on any atom is 0.419 e. The molecule has 1 amide bonds. The Labute approximate surface area is 81.7 Å². The third-order valence-electron chi connectivity index (χ3n) is 1.72. The van der Waals surface area contributed by atoms with Gasteiger partial charge in [0, 0.05) is 5.69 Å². The zero-order chi connectivity index (χ0) is 11.8. The molecule has 82 valence electrons. The van der Waals surface area contributed by atoms with Gasteiger partial charge < -0.3 is 11.5 Å². The van der Waals surface area contributed by atoms with E-state index in [2.05, 4.69) is 5.73 Å². The van der Waals surface area contributed by atoms with Crippen LogP contribution in [0.25, 0.3) is 0 Å². The van der Waals surface area contributed by atoms with Crippen molar-refractivity contribution >= 4 is 11.6 Å². The van der Waals surface area contributed by atoms with E-state index in [9.17, 15) is 22.4 Å². The summed E-state index contributed by atoms with van der Waals surface area (Å²) in [6.07, 6.45) is -4.92. The van der Waals surface area contributed by atoms with Gasteiger partial charge in [-0.2, -0.15) is 13.2 Å². The highest BCUT2D eigenvalue weighted by Crippen LogP contribution is 2.36.